The molecule has 0 aliphatic rings. The molecule has 0 amide bonds. The Morgan fingerprint density at radius 3 is 1.50 bits per heavy atom. The van der Waals surface area contributed by atoms with Crippen molar-refractivity contribution in [1.29, 1.82) is 0 Å². The van der Waals surface area contributed by atoms with E-state index in [-0.39, 0.29) is 0 Å². The van der Waals surface area contributed by atoms with Crippen molar-refractivity contribution >= 4 is 0 Å². The molecule has 0 aliphatic heterocycles. The van der Waals surface area contributed by atoms with Gasteiger partial charge in [-0.25, -0.2) is 0 Å². The van der Waals surface area contributed by atoms with Crippen LogP contribution in [0.2, 0.25) is 0 Å². The van der Waals surface area contributed by atoms with Gasteiger partial charge < -0.3 is 0 Å². The zero-order chi connectivity index (χ0) is 32.9. The first-order valence-electron chi connectivity index (χ1n) is 17.3. The fourth-order valence-corrected chi connectivity index (χ4v) is 3.23. The maximum Gasteiger partial charge on any atom is -0.0277 e. The third-order valence-electron chi connectivity index (χ3n) is 5.82. The van der Waals surface area contributed by atoms with Crippen molar-refractivity contribution in [1.82, 2.24) is 0 Å². The van der Waals surface area contributed by atoms with Crippen LogP contribution in [0.15, 0.2) is 58.2 Å². The van der Waals surface area contributed by atoms with Crippen molar-refractivity contribution in [2.45, 2.75) is 189 Å². The van der Waals surface area contributed by atoms with Gasteiger partial charge in [0.15, 0.2) is 0 Å². The van der Waals surface area contributed by atoms with Gasteiger partial charge in [-0.05, 0) is 110 Å². The maximum absolute atomic E-state index is 2.42. The normalized spacial score (nSPS) is 12.0. The lowest BCUT2D eigenvalue weighted by molar-refractivity contribution is 0.496. The van der Waals surface area contributed by atoms with Gasteiger partial charge in [0.25, 0.3) is 0 Å². The van der Waals surface area contributed by atoms with Crippen molar-refractivity contribution in [2.24, 2.45) is 11.8 Å². The highest BCUT2D eigenvalue weighted by Crippen LogP contribution is 2.23. The van der Waals surface area contributed by atoms with Gasteiger partial charge >= 0.3 is 0 Å². The van der Waals surface area contributed by atoms with Gasteiger partial charge in [-0.15, -0.1) is 0 Å². The van der Waals surface area contributed by atoms with Crippen LogP contribution in [-0.2, 0) is 0 Å². The highest BCUT2D eigenvalue weighted by molar-refractivity contribution is 5.31. The van der Waals surface area contributed by atoms with E-state index in [1.807, 2.05) is 41.5 Å². The zero-order valence-electron chi connectivity index (χ0n) is 31.9. The fraction of sp³-hybridized carbons (Fsp3) is 0.750. The van der Waals surface area contributed by atoms with Crippen LogP contribution in [-0.4, -0.2) is 0 Å². The highest BCUT2D eigenvalue weighted by Gasteiger charge is 2.05. The summed E-state index contributed by atoms with van der Waals surface area (Å²) in [7, 11) is 0. The molecule has 0 heteroatoms. The van der Waals surface area contributed by atoms with Gasteiger partial charge in [0.05, 0.1) is 0 Å². The number of allylic oxidation sites excluding steroid dienone is 10. The molecule has 0 N–H and O–H groups in total. The summed E-state index contributed by atoms with van der Waals surface area (Å²) < 4.78 is 0. The minimum absolute atomic E-state index is 0.802. The molecule has 40 heavy (non-hydrogen) atoms. The summed E-state index contributed by atoms with van der Waals surface area (Å²) in [4.78, 5) is 0. The molecule has 0 saturated carbocycles. The molecule has 0 aromatic heterocycles. The van der Waals surface area contributed by atoms with Crippen LogP contribution in [0.5, 0.6) is 0 Å². The van der Waals surface area contributed by atoms with E-state index >= 15 is 0 Å². The molecule has 0 rings (SSSR count). The molecule has 0 spiro atoms. The largest absolute Gasteiger partial charge is 0.0874 e. The lowest BCUT2D eigenvalue weighted by atomic mass is 9.93. The number of hydrogen-bond acceptors (Lipinski definition) is 0. The van der Waals surface area contributed by atoms with Crippen LogP contribution < -0.4 is 0 Å². The van der Waals surface area contributed by atoms with Gasteiger partial charge in [-0.3, -0.25) is 0 Å². The predicted molar refractivity (Wildman–Crippen MR) is 197 cm³/mol. The van der Waals surface area contributed by atoms with E-state index < -0.39 is 0 Å². The Balaban J connectivity index is -0.000000132. The van der Waals surface area contributed by atoms with Crippen molar-refractivity contribution in [2.75, 3.05) is 0 Å². The molecule has 0 saturated heterocycles. The Morgan fingerprint density at radius 1 is 0.650 bits per heavy atom. The molecule has 0 fully saturated rings. The third kappa shape index (κ3) is 49.6. The second-order valence-corrected chi connectivity index (χ2v) is 10.6. The Kier molecular flexibility index (Phi) is 57.5. The molecule has 0 radical (unpaired) electrons. The van der Waals surface area contributed by atoms with Crippen LogP contribution in [0.4, 0.5) is 0 Å². The zero-order valence-corrected chi connectivity index (χ0v) is 31.9. The summed E-state index contributed by atoms with van der Waals surface area (Å²) in [5, 5.41) is 0. The van der Waals surface area contributed by atoms with E-state index in [9.17, 15) is 0 Å². The standard InChI is InChI=1S/C22H38.C9H18.C3H8.3C2H6/c1-8-12-20(6)17-22(21(7)10-3)16-15-19(5)14-11-13-18(4)9-2;1-8(2)6-5-7-9(3)4;1-3-2;3*1-2/h8,12-13,17,19H,9-11,14-16H2,1-7H3;6,9H,5,7H2,1-4H3;3H2,1-2H3;3*1-2H3/b12-8+,18-13+,20-17-,22-21+;;;;;. The molecular formula is C40H82. The highest BCUT2D eigenvalue weighted by atomic mass is 14.1. The van der Waals surface area contributed by atoms with Gasteiger partial charge in [0, 0.05) is 0 Å². The summed E-state index contributed by atoms with van der Waals surface area (Å²) in [6.07, 6.45) is 22.7. The number of rotatable bonds is 13. The molecule has 0 aromatic carbocycles. The first-order chi connectivity index (χ1) is 19.0. The summed E-state index contributed by atoms with van der Waals surface area (Å²) >= 11 is 0. The Bertz CT molecular complexity index is 600. The smallest absolute Gasteiger partial charge is 0.0277 e. The molecule has 0 aliphatic carbocycles. The van der Waals surface area contributed by atoms with Crippen LogP contribution in [0, 0.1) is 11.8 Å². The van der Waals surface area contributed by atoms with Crippen LogP contribution in [0.3, 0.4) is 0 Å². The predicted octanol–water partition coefficient (Wildman–Crippen LogP) is 15.7. The summed E-state index contributed by atoms with van der Waals surface area (Å²) in [6.45, 7) is 40.8. The number of hydrogen-bond donors (Lipinski definition) is 0. The van der Waals surface area contributed by atoms with Gasteiger partial charge in [-0.1, -0.05) is 149 Å². The summed E-state index contributed by atoms with van der Waals surface area (Å²) in [5.41, 5.74) is 7.41. The van der Waals surface area contributed by atoms with Crippen LogP contribution in [0.25, 0.3) is 0 Å². The Labute approximate surface area is 259 Å². The van der Waals surface area contributed by atoms with Crippen molar-refractivity contribution in [3.63, 3.8) is 0 Å². The summed E-state index contributed by atoms with van der Waals surface area (Å²) in [6, 6.07) is 0. The van der Waals surface area contributed by atoms with Crippen molar-refractivity contribution in [3.8, 4) is 0 Å². The van der Waals surface area contributed by atoms with E-state index in [0.717, 1.165) is 18.3 Å². The minimum atomic E-state index is 0.802. The molecule has 0 aromatic rings. The average molecular weight is 563 g/mol. The molecule has 0 bridgehead atoms. The monoisotopic (exact) mass is 563 g/mol. The lowest BCUT2D eigenvalue weighted by Gasteiger charge is -2.13. The first-order valence-corrected chi connectivity index (χ1v) is 17.3. The quantitative estimate of drug-likeness (QED) is 0.155. The molecule has 0 nitrogen and oxygen atoms in total. The van der Waals surface area contributed by atoms with E-state index in [1.54, 1.807) is 5.57 Å². The molecule has 0 heterocycles. The average Bonchev–Trinajstić information content (AvgIpc) is 2.94. The van der Waals surface area contributed by atoms with E-state index in [2.05, 4.69) is 120 Å². The lowest BCUT2D eigenvalue weighted by Crippen LogP contribution is -1.97. The van der Waals surface area contributed by atoms with Crippen molar-refractivity contribution in [3.05, 3.63) is 58.2 Å². The van der Waals surface area contributed by atoms with Gasteiger partial charge in [0.1, 0.15) is 0 Å². The second kappa shape index (κ2) is 44.7. The summed E-state index contributed by atoms with van der Waals surface area (Å²) in [5.74, 6) is 1.65. The van der Waals surface area contributed by atoms with E-state index in [1.165, 1.54) is 73.7 Å². The van der Waals surface area contributed by atoms with Gasteiger partial charge in [0.2, 0.25) is 0 Å². The SMILES string of the molecule is C/C=C/C(C)=C\C(CCC(C)CC/C=C(\C)CC)=C(/C)CC.CC.CC.CC.CC(C)=CCCC(C)C.CCC. The molecular weight excluding hydrogens is 480 g/mol. The van der Waals surface area contributed by atoms with Gasteiger partial charge in [-0.2, -0.15) is 0 Å². The third-order valence-corrected chi connectivity index (χ3v) is 5.82. The Hall–Kier alpha value is -1.30. The molecule has 1 atom stereocenters. The Morgan fingerprint density at radius 2 is 1.12 bits per heavy atom. The van der Waals surface area contributed by atoms with E-state index in [0.29, 0.717) is 0 Å². The fourth-order valence-electron chi connectivity index (χ4n) is 3.23. The maximum atomic E-state index is 2.42. The second-order valence-electron chi connectivity index (χ2n) is 10.6. The van der Waals surface area contributed by atoms with Crippen LogP contribution in [0.1, 0.15) is 189 Å². The molecule has 1 unspecified atom stereocenters. The molecule has 242 valence electrons. The van der Waals surface area contributed by atoms with Crippen LogP contribution >= 0.6 is 0 Å². The topological polar surface area (TPSA) is 0 Å². The minimum Gasteiger partial charge on any atom is -0.0874 e. The van der Waals surface area contributed by atoms with Crippen molar-refractivity contribution < 1.29 is 0 Å². The van der Waals surface area contributed by atoms with E-state index in [4.69, 9.17) is 0 Å². The first kappa shape index (κ1) is 51.4.